The molecule has 162 valence electrons. The van der Waals surface area contributed by atoms with E-state index < -0.39 is 11.6 Å². The number of halogens is 2. The Kier molecular flexibility index (Phi) is 6.58. The van der Waals surface area contributed by atoms with E-state index in [1.54, 1.807) is 5.38 Å². The number of amides is 1. The molecule has 0 aliphatic carbocycles. The number of likely N-dealkylation sites (N-methyl/N-ethyl adjacent to an activating group) is 1. The topological polar surface area (TPSA) is 48.5 Å². The van der Waals surface area contributed by atoms with Gasteiger partial charge in [0.15, 0.2) is 16.8 Å². The molecule has 0 radical (unpaired) electrons. The first kappa shape index (κ1) is 21.4. The molecule has 1 saturated heterocycles. The van der Waals surface area contributed by atoms with Gasteiger partial charge < -0.3 is 10.2 Å². The van der Waals surface area contributed by atoms with Crippen molar-refractivity contribution in [2.75, 3.05) is 36.9 Å². The van der Waals surface area contributed by atoms with Crippen LogP contribution in [0.1, 0.15) is 18.4 Å². The smallest absolute Gasteiger partial charge is 0.240 e. The molecule has 31 heavy (non-hydrogen) atoms. The van der Waals surface area contributed by atoms with Crippen molar-refractivity contribution in [2.24, 2.45) is 0 Å². The van der Waals surface area contributed by atoms with Crippen LogP contribution in [-0.2, 0) is 11.3 Å². The van der Waals surface area contributed by atoms with Gasteiger partial charge in [0, 0.05) is 36.3 Å². The van der Waals surface area contributed by atoms with Crippen molar-refractivity contribution in [3.05, 3.63) is 65.0 Å². The zero-order valence-corrected chi connectivity index (χ0v) is 18.1. The minimum Gasteiger partial charge on any atom is -0.371 e. The molecule has 1 fully saturated rings. The summed E-state index contributed by atoms with van der Waals surface area (Å²) in [5.74, 6) is -2.00. The Bertz CT molecular complexity index is 1070. The minimum atomic E-state index is -0.924. The summed E-state index contributed by atoms with van der Waals surface area (Å²) >= 11 is 1.25. The number of carbonyl (C=O) groups excluding carboxylic acids is 1. The second-order valence-corrected chi connectivity index (χ2v) is 8.57. The number of carbonyl (C=O) groups is 1. The van der Waals surface area contributed by atoms with Crippen LogP contribution in [-0.4, -0.2) is 42.5 Å². The third-order valence-corrected chi connectivity index (χ3v) is 6.02. The molecule has 0 spiro atoms. The highest BCUT2D eigenvalue weighted by Crippen LogP contribution is 2.27. The number of nitrogens with zero attached hydrogens (tertiary/aromatic N) is 3. The molecular formula is C23H24F2N4OS. The van der Waals surface area contributed by atoms with Crippen LogP contribution in [0.15, 0.2) is 47.8 Å². The zero-order valence-electron chi connectivity index (χ0n) is 17.3. The highest BCUT2D eigenvalue weighted by molar-refractivity contribution is 7.14. The summed E-state index contributed by atoms with van der Waals surface area (Å²) in [6.07, 6.45) is 2.43. The lowest BCUT2D eigenvalue weighted by molar-refractivity contribution is -0.117. The summed E-state index contributed by atoms with van der Waals surface area (Å²) < 4.78 is 26.6. The number of anilines is 2. The molecule has 1 N–H and O–H groups in total. The van der Waals surface area contributed by atoms with Gasteiger partial charge >= 0.3 is 0 Å². The molecule has 4 rings (SSSR count). The monoisotopic (exact) mass is 442 g/mol. The number of hydrogen-bond donors (Lipinski definition) is 1. The van der Waals surface area contributed by atoms with Crippen molar-refractivity contribution < 1.29 is 13.6 Å². The Balaban J connectivity index is 1.35. The largest absolute Gasteiger partial charge is 0.371 e. The molecule has 8 heteroatoms. The van der Waals surface area contributed by atoms with Crippen LogP contribution >= 0.6 is 11.3 Å². The van der Waals surface area contributed by atoms with E-state index in [9.17, 15) is 13.6 Å². The number of hydrogen-bond acceptors (Lipinski definition) is 5. The average molecular weight is 443 g/mol. The number of thiazole rings is 1. The van der Waals surface area contributed by atoms with E-state index in [1.165, 1.54) is 41.5 Å². The second kappa shape index (κ2) is 9.53. The normalized spacial score (nSPS) is 13.7. The molecule has 5 nitrogen and oxygen atoms in total. The Morgan fingerprint density at radius 2 is 1.94 bits per heavy atom. The maximum absolute atomic E-state index is 13.5. The van der Waals surface area contributed by atoms with Gasteiger partial charge in [-0.05, 0) is 49.7 Å². The highest BCUT2D eigenvalue weighted by atomic mass is 32.1. The molecule has 1 aromatic heterocycles. The number of nitrogens with one attached hydrogen (secondary N) is 1. The predicted molar refractivity (Wildman–Crippen MR) is 120 cm³/mol. The van der Waals surface area contributed by atoms with Gasteiger partial charge in [0.1, 0.15) is 0 Å². The summed E-state index contributed by atoms with van der Waals surface area (Å²) in [6.45, 7) is 3.03. The molecule has 1 aliphatic rings. The van der Waals surface area contributed by atoms with E-state index in [0.29, 0.717) is 22.9 Å². The van der Waals surface area contributed by atoms with E-state index in [-0.39, 0.29) is 12.5 Å². The van der Waals surface area contributed by atoms with Crippen molar-refractivity contribution in [1.82, 2.24) is 9.88 Å². The summed E-state index contributed by atoms with van der Waals surface area (Å²) in [5, 5.41) is 4.93. The summed E-state index contributed by atoms with van der Waals surface area (Å²) in [4.78, 5) is 21.2. The molecule has 0 bridgehead atoms. The first-order valence-electron chi connectivity index (χ1n) is 10.2. The van der Waals surface area contributed by atoms with E-state index in [0.717, 1.165) is 25.2 Å². The minimum absolute atomic E-state index is 0.174. The number of aromatic nitrogens is 1. The van der Waals surface area contributed by atoms with E-state index in [1.807, 2.05) is 18.0 Å². The van der Waals surface area contributed by atoms with Crippen LogP contribution in [0.2, 0.25) is 0 Å². The quantitative estimate of drug-likeness (QED) is 0.573. The van der Waals surface area contributed by atoms with Crippen LogP contribution < -0.4 is 10.2 Å². The van der Waals surface area contributed by atoms with Gasteiger partial charge in [-0.25, -0.2) is 13.8 Å². The molecule has 0 saturated carbocycles. The van der Waals surface area contributed by atoms with Crippen LogP contribution in [0.5, 0.6) is 0 Å². The Hall–Kier alpha value is -2.84. The van der Waals surface area contributed by atoms with Gasteiger partial charge in [-0.3, -0.25) is 9.69 Å². The first-order valence-corrected chi connectivity index (χ1v) is 11.1. The number of benzene rings is 2. The number of rotatable bonds is 7. The first-order chi connectivity index (χ1) is 15.0. The van der Waals surface area contributed by atoms with Gasteiger partial charge in [-0.2, -0.15) is 0 Å². The third-order valence-electron chi connectivity index (χ3n) is 5.26. The molecule has 1 aliphatic heterocycles. The van der Waals surface area contributed by atoms with Gasteiger partial charge in [-0.1, -0.05) is 18.2 Å². The lowest BCUT2D eigenvalue weighted by Crippen LogP contribution is -2.30. The van der Waals surface area contributed by atoms with Crippen molar-refractivity contribution >= 4 is 28.1 Å². The standard InChI is InChI=1S/C23H24F2N4OS/c1-28(13-17-6-2-3-7-21(17)29-10-4-5-11-29)14-22(30)27-23-26-20(15-31-23)16-8-9-18(24)19(25)12-16/h2-3,6-9,12,15H,4-5,10-11,13-14H2,1H3,(H,26,27,30). The number of para-hydroxylation sites is 1. The van der Waals surface area contributed by atoms with Gasteiger partial charge in [-0.15, -0.1) is 11.3 Å². The average Bonchev–Trinajstić information content (AvgIpc) is 3.43. The summed E-state index contributed by atoms with van der Waals surface area (Å²) in [6, 6.07) is 12.0. The lowest BCUT2D eigenvalue weighted by Gasteiger charge is -2.24. The van der Waals surface area contributed by atoms with Crippen LogP contribution in [0.4, 0.5) is 19.6 Å². The lowest BCUT2D eigenvalue weighted by atomic mass is 10.1. The Labute approximate surface area is 184 Å². The second-order valence-electron chi connectivity index (χ2n) is 7.71. The molecule has 3 aromatic rings. The van der Waals surface area contributed by atoms with Gasteiger partial charge in [0.05, 0.1) is 12.2 Å². The Morgan fingerprint density at radius 1 is 1.16 bits per heavy atom. The fourth-order valence-electron chi connectivity index (χ4n) is 3.78. The van der Waals surface area contributed by atoms with Crippen LogP contribution in [0, 0.1) is 11.6 Å². The van der Waals surface area contributed by atoms with Gasteiger partial charge in [0.25, 0.3) is 0 Å². The van der Waals surface area contributed by atoms with Crippen molar-refractivity contribution in [3.8, 4) is 11.3 Å². The fourth-order valence-corrected chi connectivity index (χ4v) is 4.52. The van der Waals surface area contributed by atoms with Crippen LogP contribution in [0.25, 0.3) is 11.3 Å². The van der Waals surface area contributed by atoms with Crippen molar-refractivity contribution in [2.45, 2.75) is 19.4 Å². The molecule has 2 heterocycles. The maximum atomic E-state index is 13.5. The zero-order chi connectivity index (χ0) is 21.8. The van der Waals surface area contributed by atoms with Gasteiger partial charge in [0.2, 0.25) is 5.91 Å². The summed E-state index contributed by atoms with van der Waals surface area (Å²) in [5.41, 5.74) is 3.40. The highest BCUT2D eigenvalue weighted by Gasteiger charge is 2.17. The molecule has 0 unspecified atom stereocenters. The van der Waals surface area contributed by atoms with Crippen LogP contribution in [0.3, 0.4) is 0 Å². The Morgan fingerprint density at radius 3 is 2.71 bits per heavy atom. The maximum Gasteiger partial charge on any atom is 0.240 e. The van der Waals surface area contributed by atoms with E-state index in [4.69, 9.17) is 0 Å². The van der Waals surface area contributed by atoms with Crippen molar-refractivity contribution in [3.63, 3.8) is 0 Å². The molecule has 1 amide bonds. The molecule has 0 atom stereocenters. The molecule has 2 aromatic carbocycles. The summed E-state index contributed by atoms with van der Waals surface area (Å²) in [7, 11) is 1.91. The third kappa shape index (κ3) is 5.26. The molecular weight excluding hydrogens is 418 g/mol. The van der Waals surface area contributed by atoms with E-state index >= 15 is 0 Å². The fraction of sp³-hybridized carbons (Fsp3) is 0.304. The van der Waals surface area contributed by atoms with E-state index in [2.05, 4.69) is 33.4 Å². The van der Waals surface area contributed by atoms with Crippen molar-refractivity contribution in [1.29, 1.82) is 0 Å². The SMILES string of the molecule is CN(CC(=O)Nc1nc(-c2ccc(F)c(F)c2)cs1)Cc1ccccc1N1CCCC1. The predicted octanol–water partition coefficient (Wildman–Crippen LogP) is 4.76.